The summed E-state index contributed by atoms with van der Waals surface area (Å²) >= 11 is 0. The molecule has 0 saturated carbocycles. The second-order valence-corrected chi connectivity index (χ2v) is 7.46. The normalized spacial score (nSPS) is 15.0. The van der Waals surface area contributed by atoms with Crippen molar-refractivity contribution in [2.75, 3.05) is 25.9 Å². The number of aromatic nitrogens is 2. The number of aliphatic carboxylic acids is 2. The molecule has 1 saturated heterocycles. The fourth-order valence-corrected chi connectivity index (χ4v) is 3.68. The van der Waals surface area contributed by atoms with E-state index in [1.54, 1.807) is 0 Å². The Kier molecular flexibility index (Phi) is 7.04. The molecule has 2 heterocycles. The van der Waals surface area contributed by atoms with Crippen molar-refractivity contribution >= 4 is 28.5 Å². The monoisotopic (exact) mass is 422 g/mol. The summed E-state index contributed by atoms with van der Waals surface area (Å²) in [4.78, 5) is 21.5. The number of para-hydroxylation sites is 3. The molecule has 3 aromatic rings. The Balaban J connectivity index is 0.000000293. The quantitative estimate of drug-likeness (QED) is 0.436. The number of fused-ring (bicyclic) bond motifs is 1. The number of nitrogens with zero attached hydrogens (tertiary/aromatic N) is 3. The number of carbonyl (C=O) groups is 2. The number of hydrogen-bond donors (Lipinski definition) is 3. The molecule has 0 radical (unpaired) electrons. The predicted molar refractivity (Wildman–Crippen MR) is 119 cm³/mol. The number of carboxylic acid groups (broad SMARTS) is 2. The van der Waals surface area contributed by atoms with Crippen LogP contribution in [-0.2, 0) is 9.59 Å². The van der Waals surface area contributed by atoms with Crippen molar-refractivity contribution in [3.8, 4) is 5.69 Å². The van der Waals surface area contributed by atoms with E-state index in [1.165, 1.54) is 23.9 Å². The molecule has 0 spiro atoms. The lowest BCUT2D eigenvalue weighted by Gasteiger charge is -2.28. The fourth-order valence-electron chi connectivity index (χ4n) is 3.68. The SMILES string of the molecule is CN1CCC(c2nn(-c3ccccc3N)c3ccccc23)CC1.O=C(O)C=CC(=O)O. The molecule has 0 aliphatic carbocycles. The number of anilines is 1. The van der Waals surface area contributed by atoms with E-state index in [9.17, 15) is 9.59 Å². The van der Waals surface area contributed by atoms with Gasteiger partial charge in [-0.15, -0.1) is 0 Å². The van der Waals surface area contributed by atoms with Crippen LogP contribution in [0.4, 0.5) is 5.69 Å². The summed E-state index contributed by atoms with van der Waals surface area (Å²) in [6, 6.07) is 16.4. The number of piperidine rings is 1. The van der Waals surface area contributed by atoms with Gasteiger partial charge in [-0.2, -0.15) is 5.10 Å². The average molecular weight is 422 g/mol. The van der Waals surface area contributed by atoms with Crippen LogP contribution in [0, 0.1) is 0 Å². The van der Waals surface area contributed by atoms with Crippen LogP contribution in [-0.4, -0.2) is 57.0 Å². The molecule has 0 atom stereocenters. The van der Waals surface area contributed by atoms with E-state index in [1.807, 2.05) is 28.9 Å². The van der Waals surface area contributed by atoms with Gasteiger partial charge in [0.05, 0.1) is 22.6 Å². The van der Waals surface area contributed by atoms with E-state index in [-0.39, 0.29) is 0 Å². The van der Waals surface area contributed by atoms with Gasteiger partial charge in [0, 0.05) is 23.5 Å². The molecule has 0 bridgehead atoms. The first-order valence-corrected chi connectivity index (χ1v) is 10.0. The van der Waals surface area contributed by atoms with Crippen LogP contribution in [0.5, 0.6) is 0 Å². The summed E-state index contributed by atoms with van der Waals surface area (Å²) in [5.74, 6) is -1.98. The smallest absolute Gasteiger partial charge is 0.328 e. The van der Waals surface area contributed by atoms with Gasteiger partial charge in [-0.3, -0.25) is 0 Å². The zero-order valence-corrected chi connectivity index (χ0v) is 17.3. The number of nitrogens with two attached hydrogens (primary N) is 1. The van der Waals surface area contributed by atoms with E-state index >= 15 is 0 Å². The maximum absolute atomic E-state index is 9.55. The molecular weight excluding hydrogens is 396 g/mol. The number of rotatable bonds is 4. The van der Waals surface area contributed by atoms with Gasteiger partial charge >= 0.3 is 11.9 Å². The lowest BCUT2D eigenvalue weighted by Crippen LogP contribution is -2.29. The van der Waals surface area contributed by atoms with Crippen molar-refractivity contribution in [3.63, 3.8) is 0 Å². The van der Waals surface area contributed by atoms with Gasteiger partial charge in [0.15, 0.2) is 0 Å². The molecule has 8 heteroatoms. The van der Waals surface area contributed by atoms with Crippen LogP contribution in [0.25, 0.3) is 16.6 Å². The maximum atomic E-state index is 9.55. The van der Waals surface area contributed by atoms with E-state index in [4.69, 9.17) is 21.0 Å². The van der Waals surface area contributed by atoms with Crippen molar-refractivity contribution in [2.24, 2.45) is 0 Å². The highest BCUT2D eigenvalue weighted by molar-refractivity contribution is 5.89. The third-order valence-corrected chi connectivity index (χ3v) is 5.25. The molecule has 1 aromatic heterocycles. The zero-order chi connectivity index (χ0) is 22.4. The Bertz CT molecular complexity index is 1080. The Morgan fingerprint density at radius 2 is 1.58 bits per heavy atom. The molecule has 1 aliphatic heterocycles. The standard InChI is InChI=1S/C19H22N4.C4H4O4/c1-22-12-10-14(11-13-22)19-15-6-2-4-8-17(15)23(21-19)18-9-5-3-7-16(18)20;5-3(6)1-2-4(7)8/h2-9,14H,10-13,20H2,1H3;1-2H,(H,5,6)(H,7,8). The fraction of sp³-hybridized carbons (Fsp3) is 0.261. The summed E-state index contributed by atoms with van der Waals surface area (Å²) in [6.45, 7) is 2.28. The third-order valence-electron chi connectivity index (χ3n) is 5.25. The van der Waals surface area contributed by atoms with Crippen molar-refractivity contribution in [1.29, 1.82) is 0 Å². The minimum atomic E-state index is -1.26. The number of carboxylic acids is 2. The molecule has 8 nitrogen and oxygen atoms in total. The summed E-state index contributed by atoms with van der Waals surface area (Å²) in [5.41, 5.74) is 10.3. The molecule has 1 aliphatic rings. The van der Waals surface area contributed by atoms with Gasteiger partial charge in [0.1, 0.15) is 0 Å². The summed E-state index contributed by atoms with van der Waals surface area (Å²) in [7, 11) is 2.19. The van der Waals surface area contributed by atoms with Gasteiger partial charge < -0.3 is 20.8 Å². The molecule has 0 unspecified atom stereocenters. The Morgan fingerprint density at radius 1 is 1.00 bits per heavy atom. The largest absolute Gasteiger partial charge is 0.478 e. The summed E-state index contributed by atoms with van der Waals surface area (Å²) in [6.07, 6.45) is 3.45. The molecule has 2 aromatic carbocycles. The summed E-state index contributed by atoms with van der Waals surface area (Å²) < 4.78 is 2.01. The number of hydrogen-bond acceptors (Lipinski definition) is 5. The van der Waals surface area contributed by atoms with E-state index in [2.05, 4.69) is 36.2 Å². The van der Waals surface area contributed by atoms with Crippen molar-refractivity contribution in [2.45, 2.75) is 18.8 Å². The molecule has 31 heavy (non-hydrogen) atoms. The number of likely N-dealkylation sites (tertiary alicyclic amines) is 1. The number of nitrogen functional groups attached to an aromatic ring is 1. The van der Waals surface area contributed by atoms with Crippen molar-refractivity contribution < 1.29 is 19.8 Å². The van der Waals surface area contributed by atoms with Gasteiger partial charge in [-0.05, 0) is 51.2 Å². The van der Waals surface area contributed by atoms with E-state index in [0.29, 0.717) is 18.1 Å². The van der Waals surface area contributed by atoms with Crippen LogP contribution >= 0.6 is 0 Å². The average Bonchev–Trinajstić information content (AvgIpc) is 3.13. The van der Waals surface area contributed by atoms with E-state index in [0.717, 1.165) is 30.0 Å². The predicted octanol–water partition coefficient (Wildman–Crippen LogP) is 3.13. The van der Waals surface area contributed by atoms with Crippen LogP contribution in [0.2, 0.25) is 0 Å². The van der Waals surface area contributed by atoms with Gasteiger partial charge in [0.2, 0.25) is 0 Å². The van der Waals surface area contributed by atoms with Gasteiger partial charge in [0.25, 0.3) is 0 Å². The first kappa shape index (κ1) is 22.0. The maximum Gasteiger partial charge on any atom is 0.328 e. The molecule has 4 N–H and O–H groups in total. The Labute approximate surface area is 180 Å². The van der Waals surface area contributed by atoms with E-state index < -0.39 is 11.9 Å². The minimum Gasteiger partial charge on any atom is -0.478 e. The second-order valence-electron chi connectivity index (χ2n) is 7.46. The molecule has 1 fully saturated rings. The first-order valence-electron chi connectivity index (χ1n) is 10.0. The molecular formula is C23H26N4O4. The van der Waals surface area contributed by atoms with Crippen LogP contribution in [0.3, 0.4) is 0 Å². The van der Waals surface area contributed by atoms with Crippen LogP contribution < -0.4 is 5.73 Å². The second kappa shape index (κ2) is 9.90. The zero-order valence-electron chi connectivity index (χ0n) is 17.3. The highest BCUT2D eigenvalue weighted by Gasteiger charge is 2.24. The molecule has 4 rings (SSSR count). The Hall–Kier alpha value is -3.65. The molecule has 0 amide bonds. The van der Waals surface area contributed by atoms with Crippen LogP contribution in [0.1, 0.15) is 24.5 Å². The number of benzene rings is 2. The lowest BCUT2D eigenvalue weighted by atomic mass is 9.92. The van der Waals surface area contributed by atoms with Crippen molar-refractivity contribution in [3.05, 3.63) is 66.4 Å². The minimum absolute atomic E-state index is 0.530. The first-order chi connectivity index (χ1) is 14.9. The van der Waals surface area contributed by atoms with Gasteiger partial charge in [-0.25, -0.2) is 14.3 Å². The van der Waals surface area contributed by atoms with Crippen LogP contribution in [0.15, 0.2) is 60.7 Å². The summed E-state index contributed by atoms with van der Waals surface area (Å²) in [5, 5.41) is 21.9. The van der Waals surface area contributed by atoms with Gasteiger partial charge in [-0.1, -0.05) is 30.3 Å². The molecule has 162 valence electrons. The highest BCUT2D eigenvalue weighted by Crippen LogP contribution is 2.34. The third kappa shape index (κ3) is 5.49. The topological polar surface area (TPSA) is 122 Å². The van der Waals surface area contributed by atoms with Crippen molar-refractivity contribution in [1.82, 2.24) is 14.7 Å². The highest BCUT2D eigenvalue weighted by atomic mass is 16.4. The Morgan fingerprint density at radius 3 is 2.19 bits per heavy atom. The lowest BCUT2D eigenvalue weighted by molar-refractivity contribution is -0.134.